The Morgan fingerprint density at radius 3 is 1.85 bits per heavy atom. The zero-order chi connectivity index (χ0) is 45.9. The fraction of sp³-hybridized carbons (Fsp3) is 0.481. The van der Waals surface area contributed by atoms with E-state index >= 15 is 0 Å². The van der Waals surface area contributed by atoms with Crippen LogP contribution in [0.2, 0.25) is 0 Å². The Balaban J connectivity index is 0.000000219. The number of hydrogen-bond acceptors (Lipinski definition) is 7. The second kappa shape index (κ2) is 21.4. The largest absolute Gasteiger partial charge is 0.492 e. The van der Waals surface area contributed by atoms with Crippen LogP contribution in [0.1, 0.15) is 116 Å². The molecule has 10 nitrogen and oxygen atoms in total. The lowest BCUT2D eigenvalue weighted by molar-refractivity contribution is -0.170. The maximum atomic E-state index is 11.5. The number of rotatable bonds is 13. The third-order valence-electron chi connectivity index (χ3n) is 13.4. The minimum atomic E-state index is -2.74. The van der Waals surface area contributed by atoms with Crippen LogP contribution >= 0.6 is 0 Å². The van der Waals surface area contributed by atoms with E-state index in [4.69, 9.17) is 25.2 Å². The van der Waals surface area contributed by atoms with Crippen molar-refractivity contribution in [3.8, 4) is 5.75 Å². The lowest BCUT2D eigenvalue weighted by Gasteiger charge is -2.56. The molecule has 1 saturated carbocycles. The number of carboxylic acids is 3. The number of aliphatic carboxylic acids is 3. The Morgan fingerprint density at radius 1 is 0.790 bits per heavy atom. The van der Waals surface area contributed by atoms with Crippen LogP contribution in [0.25, 0.3) is 11.1 Å². The third-order valence-corrected chi connectivity index (χ3v) is 13.4. The lowest BCUT2D eigenvalue weighted by atomic mass is 9.51. The van der Waals surface area contributed by atoms with Crippen LogP contribution in [-0.2, 0) is 14.4 Å². The maximum absolute atomic E-state index is 11.5. The summed E-state index contributed by atoms with van der Waals surface area (Å²) in [5.74, 6) is -2.73. The Hall–Kier alpha value is -5.03. The zero-order valence-corrected chi connectivity index (χ0v) is 38.0. The van der Waals surface area contributed by atoms with Gasteiger partial charge in [0, 0.05) is 12.0 Å². The Morgan fingerprint density at radius 2 is 1.34 bits per heavy atom. The van der Waals surface area contributed by atoms with Crippen LogP contribution in [0, 0.1) is 22.7 Å². The zero-order valence-electron chi connectivity index (χ0n) is 38.0. The molecule has 0 radical (unpaired) electrons. The molecule has 336 valence electrons. The molecule has 0 unspecified atom stereocenters. The van der Waals surface area contributed by atoms with E-state index in [0.29, 0.717) is 12.5 Å². The molecule has 62 heavy (non-hydrogen) atoms. The normalized spacial score (nSPS) is 24.0. The Kier molecular flexibility index (Phi) is 17.1. The SMILES string of the molecule is CC/C(=C(\c1ccccc1)c1ccc(OCCN(C)C)cc1)c1ccccc1.CC1=CCC[C@@]2(C)CC[C@H]3[C@H](C)CC[C@@](O)(/C=C/12)C3(C)C.O=C(O)CC(O)(CC(=O)O)C(=O)O. The fourth-order valence-corrected chi connectivity index (χ4v) is 9.56. The maximum Gasteiger partial charge on any atom is 0.336 e. The number of carbonyl (C=O) groups is 3. The van der Waals surface area contributed by atoms with Crippen molar-refractivity contribution < 1.29 is 44.7 Å². The number of aliphatic hydroxyl groups is 2. The first-order valence-electron chi connectivity index (χ1n) is 21.9. The Bertz CT molecular complexity index is 2050. The van der Waals surface area contributed by atoms with E-state index in [-0.39, 0.29) is 10.8 Å². The van der Waals surface area contributed by atoms with E-state index in [9.17, 15) is 19.5 Å². The molecule has 3 aromatic rings. The highest BCUT2D eigenvalue weighted by Crippen LogP contribution is 2.58. The molecule has 3 aliphatic carbocycles. The highest BCUT2D eigenvalue weighted by atomic mass is 16.5. The number of hydrogen-bond donors (Lipinski definition) is 5. The van der Waals surface area contributed by atoms with Gasteiger partial charge in [0.2, 0.25) is 0 Å². The monoisotopic (exact) mass is 851 g/mol. The summed E-state index contributed by atoms with van der Waals surface area (Å²) in [6.45, 7) is 15.5. The lowest BCUT2D eigenvalue weighted by Crippen LogP contribution is -2.55. The quantitative estimate of drug-likeness (QED) is 0.105. The summed E-state index contributed by atoms with van der Waals surface area (Å²) in [5, 5.41) is 45.3. The van der Waals surface area contributed by atoms with Crippen LogP contribution in [0.4, 0.5) is 0 Å². The van der Waals surface area contributed by atoms with Crippen molar-refractivity contribution in [3.05, 3.63) is 125 Å². The van der Waals surface area contributed by atoms with Gasteiger partial charge in [-0.2, -0.15) is 0 Å². The summed E-state index contributed by atoms with van der Waals surface area (Å²) >= 11 is 0. The first kappa shape index (κ1) is 49.6. The van der Waals surface area contributed by atoms with E-state index in [2.05, 4.69) is 158 Å². The van der Waals surface area contributed by atoms with E-state index in [0.717, 1.165) is 37.5 Å². The van der Waals surface area contributed by atoms with Crippen LogP contribution in [0.15, 0.2) is 108 Å². The van der Waals surface area contributed by atoms with Gasteiger partial charge in [-0.1, -0.05) is 119 Å². The summed E-state index contributed by atoms with van der Waals surface area (Å²) in [4.78, 5) is 32.6. The number of fused-ring (bicyclic) bond motifs is 3. The fourth-order valence-electron chi connectivity index (χ4n) is 9.56. The molecule has 4 atom stereocenters. The van der Waals surface area contributed by atoms with Gasteiger partial charge in [-0.25, -0.2) is 4.79 Å². The molecule has 0 spiro atoms. The molecule has 0 heterocycles. The van der Waals surface area contributed by atoms with E-state index in [1.165, 1.54) is 64.7 Å². The average Bonchev–Trinajstić information content (AvgIpc) is 3.20. The van der Waals surface area contributed by atoms with Gasteiger partial charge in [0.05, 0.1) is 18.4 Å². The third kappa shape index (κ3) is 12.3. The minimum absolute atomic E-state index is 0.0171. The summed E-state index contributed by atoms with van der Waals surface area (Å²) in [5.41, 5.74) is 6.11. The van der Waals surface area contributed by atoms with Crippen molar-refractivity contribution in [2.75, 3.05) is 27.2 Å². The van der Waals surface area contributed by atoms with Crippen molar-refractivity contribution in [2.45, 2.75) is 111 Å². The van der Waals surface area contributed by atoms with Gasteiger partial charge in [0.25, 0.3) is 0 Å². The molecule has 2 bridgehead atoms. The van der Waals surface area contributed by atoms with Crippen molar-refractivity contribution >= 4 is 29.1 Å². The van der Waals surface area contributed by atoms with E-state index < -0.39 is 42.0 Å². The average molecular weight is 852 g/mol. The number of benzene rings is 3. The van der Waals surface area contributed by atoms with Gasteiger partial charge >= 0.3 is 17.9 Å². The van der Waals surface area contributed by atoms with Crippen molar-refractivity contribution in [2.24, 2.45) is 22.7 Å². The second-order valence-corrected chi connectivity index (χ2v) is 18.4. The molecule has 0 aromatic heterocycles. The highest BCUT2D eigenvalue weighted by Gasteiger charge is 2.54. The van der Waals surface area contributed by atoms with Gasteiger partial charge in [-0.15, -0.1) is 0 Å². The molecule has 10 heteroatoms. The number of likely N-dealkylation sites (N-methyl/N-ethyl adjacent to an activating group) is 1. The van der Waals surface area contributed by atoms with Gasteiger partial charge in [-0.3, -0.25) is 9.59 Å². The molecule has 0 amide bonds. The highest BCUT2D eigenvalue weighted by molar-refractivity contribution is 5.98. The molecule has 0 aliphatic heterocycles. The predicted molar refractivity (Wildman–Crippen MR) is 246 cm³/mol. The summed E-state index contributed by atoms with van der Waals surface area (Å²) in [6, 6.07) is 29.8. The molecular weight excluding hydrogens is 783 g/mol. The van der Waals surface area contributed by atoms with Crippen LogP contribution in [0.3, 0.4) is 0 Å². The number of ether oxygens (including phenoxy) is 1. The summed E-state index contributed by atoms with van der Waals surface area (Å²) in [6.07, 6.45) is 10.4. The van der Waals surface area contributed by atoms with Gasteiger partial charge < -0.3 is 35.2 Å². The van der Waals surface area contributed by atoms with Gasteiger partial charge in [-0.05, 0) is 135 Å². The van der Waals surface area contributed by atoms with Gasteiger partial charge in [0.1, 0.15) is 12.4 Å². The number of allylic oxidation sites excluding steroid dienone is 4. The van der Waals surface area contributed by atoms with Crippen molar-refractivity contribution in [1.29, 1.82) is 0 Å². The van der Waals surface area contributed by atoms with Gasteiger partial charge in [0.15, 0.2) is 5.60 Å². The number of nitrogens with zero attached hydrogens (tertiary/aromatic N) is 1. The standard InChI is InChI=1S/C26H29NO.C20H32O.C6H8O7/c1-4-25(21-11-7-5-8-12-21)26(22-13-9-6-10-14-22)23-15-17-24(18-16-23)28-20-19-27(2)3;1-14-7-6-10-19(5)11-9-16-15(2)8-12-20(21,13-17(14)19)18(16,3)4;7-3(8)1-6(13,5(11)12)2-4(9)10/h5-18H,4,19-20H2,1-3H3;7,13,15-16,21H,6,8-12H2,1-5H3;13H,1-2H2,(H,7,8)(H,9,10)(H,11,12)/b26-25-;17-13-;/t;15-,16+,19+,20-;/m.1./s1. The number of carboxylic acid groups (broad SMARTS) is 3. The Labute approximate surface area is 368 Å². The molecule has 6 rings (SSSR count). The predicted octanol–water partition coefficient (Wildman–Crippen LogP) is 10.0. The summed E-state index contributed by atoms with van der Waals surface area (Å²) < 4.78 is 5.87. The van der Waals surface area contributed by atoms with E-state index in [1.807, 2.05) is 0 Å². The summed E-state index contributed by atoms with van der Waals surface area (Å²) in [7, 11) is 4.11. The van der Waals surface area contributed by atoms with Crippen LogP contribution in [0.5, 0.6) is 5.75 Å². The topological polar surface area (TPSA) is 165 Å². The molecule has 3 aliphatic rings. The second-order valence-electron chi connectivity index (χ2n) is 18.4. The molecular formula is C52H69NO9. The van der Waals surface area contributed by atoms with E-state index in [1.54, 1.807) is 0 Å². The molecule has 5 N–H and O–H groups in total. The minimum Gasteiger partial charge on any atom is -0.492 e. The van der Waals surface area contributed by atoms with Crippen LogP contribution < -0.4 is 4.74 Å². The first-order valence-corrected chi connectivity index (χ1v) is 21.9. The first-order chi connectivity index (χ1) is 29.2. The molecule has 3 aromatic carbocycles. The van der Waals surface area contributed by atoms with Crippen molar-refractivity contribution in [3.63, 3.8) is 0 Å². The van der Waals surface area contributed by atoms with Crippen LogP contribution in [-0.4, -0.2) is 86.8 Å². The van der Waals surface area contributed by atoms with Crippen molar-refractivity contribution in [1.82, 2.24) is 4.90 Å². The molecule has 1 fully saturated rings. The molecule has 0 saturated heterocycles. The smallest absolute Gasteiger partial charge is 0.336 e.